The molecule has 0 bridgehead atoms. The highest BCUT2D eigenvalue weighted by Gasteiger charge is 2.20. The van der Waals surface area contributed by atoms with Gasteiger partial charge in [0.2, 0.25) is 5.95 Å². The summed E-state index contributed by atoms with van der Waals surface area (Å²) in [4.78, 5) is 12.8. The van der Waals surface area contributed by atoms with E-state index in [1.165, 1.54) is 86.1 Å². The Morgan fingerprint density at radius 1 is 0.673 bits per heavy atom. The van der Waals surface area contributed by atoms with Crippen molar-refractivity contribution in [3.8, 4) is 22.3 Å². The summed E-state index contributed by atoms with van der Waals surface area (Å²) in [5, 5.41) is 3.60. The zero-order chi connectivity index (χ0) is 34.3. The number of nitrogens with two attached hydrogens (primary N) is 3. The van der Waals surface area contributed by atoms with Crippen LogP contribution in [0.15, 0.2) is 60.9 Å². The Balaban J connectivity index is 0.000000144. The maximum absolute atomic E-state index is 13.1. The van der Waals surface area contributed by atoms with Crippen LogP contribution in [0.1, 0.15) is 60.8 Å². The molecule has 2 saturated heterocycles. The number of anilines is 3. The summed E-state index contributed by atoms with van der Waals surface area (Å²) in [6, 6.07) is 16.9. The number of hydrogen-bond donors (Lipinski definition) is 4. The zero-order valence-electron chi connectivity index (χ0n) is 29.2. The summed E-state index contributed by atoms with van der Waals surface area (Å²) in [6.45, 7) is 4.66. The van der Waals surface area contributed by atoms with Gasteiger partial charge in [-0.1, -0.05) is 24.3 Å². The smallest absolute Gasteiger partial charge is 0.213 e. The van der Waals surface area contributed by atoms with Crippen LogP contribution in [0.3, 0.4) is 0 Å². The number of pyridine rings is 2. The molecule has 0 saturated carbocycles. The Hall–Kier alpha value is -4.05. The molecule has 2 fully saturated rings. The van der Waals surface area contributed by atoms with E-state index in [4.69, 9.17) is 17.2 Å². The van der Waals surface area contributed by atoms with E-state index in [2.05, 4.69) is 69.5 Å². The van der Waals surface area contributed by atoms with Crippen molar-refractivity contribution in [3.05, 3.63) is 89.1 Å². The van der Waals surface area contributed by atoms with Crippen LogP contribution in [0.5, 0.6) is 0 Å². The van der Waals surface area contributed by atoms with Crippen molar-refractivity contribution in [3.63, 3.8) is 0 Å². The normalized spacial score (nSPS) is 18.1. The van der Waals surface area contributed by atoms with E-state index in [1.807, 2.05) is 12.3 Å². The van der Waals surface area contributed by atoms with Gasteiger partial charge in [-0.2, -0.15) is 4.39 Å². The highest BCUT2D eigenvalue weighted by Crippen LogP contribution is 2.37. The van der Waals surface area contributed by atoms with Crippen molar-refractivity contribution >= 4 is 17.2 Å². The minimum atomic E-state index is -0.470. The number of halogens is 1. The number of likely N-dealkylation sites (tertiary alicyclic amines) is 2. The number of nitrogens with one attached hydrogen (secondary N) is 1. The van der Waals surface area contributed by atoms with Gasteiger partial charge in [0.1, 0.15) is 5.82 Å². The van der Waals surface area contributed by atoms with E-state index >= 15 is 0 Å². The number of fused-ring (bicyclic) bond motifs is 2. The summed E-state index contributed by atoms with van der Waals surface area (Å²) in [7, 11) is 4.33. The molecule has 49 heavy (non-hydrogen) atoms. The van der Waals surface area contributed by atoms with E-state index in [0.29, 0.717) is 12.1 Å². The highest BCUT2D eigenvalue weighted by atomic mass is 19.1. The fourth-order valence-electron chi connectivity index (χ4n) is 7.53. The molecular formula is C40H53FN8. The number of piperidine rings is 2. The van der Waals surface area contributed by atoms with E-state index < -0.39 is 5.95 Å². The Kier molecular flexibility index (Phi) is 11.4. The number of hydrogen-bond acceptors (Lipinski definition) is 8. The molecule has 7 N–H and O–H groups in total. The quantitative estimate of drug-likeness (QED) is 0.148. The Morgan fingerprint density at radius 3 is 1.71 bits per heavy atom. The molecule has 0 atom stereocenters. The largest absolute Gasteiger partial charge is 0.398 e. The van der Waals surface area contributed by atoms with E-state index in [9.17, 15) is 4.39 Å². The van der Waals surface area contributed by atoms with E-state index in [0.717, 1.165) is 78.2 Å². The van der Waals surface area contributed by atoms with Crippen molar-refractivity contribution in [2.75, 3.05) is 57.1 Å². The third-order valence-electron chi connectivity index (χ3n) is 10.6. The van der Waals surface area contributed by atoms with Gasteiger partial charge in [0, 0.05) is 53.0 Å². The molecule has 8 nitrogen and oxygen atoms in total. The van der Waals surface area contributed by atoms with Gasteiger partial charge >= 0.3 is 0 Å². The summed E-state index contributed by atoms with van der Waals surface area (Å²) in [5.74, 6) is 0.490. The first-order valence-electron chi connectivity index (χ1n) is 18.0. The number of rotatable bonds is 4. The topological polar surface area (TPSA) is 122 Å². The molecule has 260 valence electrons. The zero-order valence-corrected chi connectivity index (χ0v) is 29.2. The van der Waals surface area contributed by atoms with Gasteiger partial charge in [-0.3, -0.25) is 0 Å². The predicted molar refractivity (Wildman–Crippen MR) is 201 cm³/mol. The SMILES string of the molecule is CN1CCC(N)CC1.CN1CCC(Nc2cc(-c3ccc4c(c3N)CCC4)ccn2)CC1.Nc1c(-c2ccnc(F)c2)ccc2c1CCC2. The van der Waals surface area contributed by atoms with Crippen molar-refractivity contribution in [1.29, 1.82) is 0 Å². The number of nitrogen functional groups attached to an aromatic ring is 2. The molecule has 2 aromatic carbocycles. The summed E-state index contributed by atoms with van der Waals surface area (Å²) >= 11 is 0. The molecule has 0 spiro atoms. The average Bonchev–Trinajstić information content (AvgIpc) is 3.80. The lowest BCUT2D eigenvalue weighted by atomic mass is 9.98. The highest BCUT2D eigenvalue weighted by molar-refractivity contribution is 5.81. The third kappa shape index (κ3) is 8.76. The van der Waals surface area contributed by atoms with E-state index in [1.54, 1.807) is 6.07 Å². The van der Waals surface area contributed by atoms with Gasteiger partial charge in [0.05, 0.1) is 0 Å². The molecule has 8 rings (SSSR count). The number of aryl methyl sites for hydroxylation is 2. The molecule has 2 aliphatic carbocycles. The van der Waals surface area contributed by atoms with Gasteiger partial charge < -0.3 is 32.3 Å². The van der Waals surface area contributed by atoms with Crippen molar-refractivity contribution in [1.82, 2.24) is 19.8 Å². The van der Waals surface area contributed by atoms with Crippen LogP contribution in [0, 0.1) is 5.95 Å². The van der Waals surface area contributed by atoms with Crippen LogP contribution in [0.2, 0.25) is 0 Å². The minimum Gasteiger partial charge on any atom is -0.398 e. The second-order valence-electron chi connectivity index (χ2n) is 14.2. The molecule has 4 aromatic rings. The minimum absolute atomic E-state index is 0.470. The Labute approximate surface area is 291 Å². The van der Waals surface area contributed by atoms with Crippen LogP contribution < -0.4 is 22.5 Å². The third-order valence-corrected chi connectivity index (χ3v) is 10.6. The fraction of sp³-hybridized carbons (Fsp3) is 0.450. The molecule has 2 aromatic heterocycles. The maximum atomic E-state index is 13.1. The van der Waals surface area contributed by atoms with Gasteiger partial charge in [-0.25, -0.2) is 9.97 Å². The van der Waals surface area contributed by atoms with Crippen LogP contribution in [0.4, 0.5) is 21.6 Å². The van der Waals surface area contributed by atoms with Crippen LogP contribution >= 0.6 is 0 Å². The second kappa shape index (κ2) is 16.1. The number of benzene rings is 2. The number of nitrogens with zero attached hydrogens (tertiary/aromatic N) is 4. The van der Waals surface area contributed by atoms with Gasteiger partial charge in [-0.15, -0.1) is 0 Å². The van der Waals surface area contributed by atoms with Crippen molar-refractivity contribution in [2.45, 2.75) is 76.3 Å². The lowest BCUT2D eigenvalue weighted by Gasteiger charge is -2.29. The van der Waals surface area contributed by atoms with Crippen LogP contribution in [-0.4, -0.2) is 72.1 Å². The van der Waals surface area contributed by atoms with Crippen molar-refractivity contribution < 1.29 is 4.39 Å². The van der Waals surface area contributed by atoms with Crippen molar-refractivity contribution in [2.24, 2.45) is 5.73 Å². The summed E-state index contributed by atoms with van der Waals surface area (Å²) in [6.07, 6.45) is 14.8. The first-order chi connectivity index (χ1) is 23.7. The molecule has 2 aliphatic heterocycles. The summed E-state index contributed by atoms with van der Waals surface area (Å²) in [5.41, 5.74) is 29.4. The molecular weight excluding hydrogens is 611 g/mol. The van der Waals surface area contributed by atoms with Gasteiger partial charge in [-0.05, 0) is 156 Å². The fourth-order valence-corrected chi connectivity index (χ4v) is 7.53. The van der Waals surface area contributed by atoms with Crippen LogP contribution in [-0.2, 0) is 25.7 Å². The van der Waals surface area contributed by atoms with Gasteiger partial charge in [0.25, 0.3) is 0 Å². The Bertz CT molecular complexity index is 1700. The molecule has 4 heterocycles. The first kappa shape index (κ1) is 34.8. The standard InChI is InChI=1S/C20H26N4.C14H13FN2.C6H14N2/c1-24-11-8-16(9-12-24)23-19-13-15(7-10-22-19)18-6-5-14-3-2-4-17(14)20(18)21;15-13-8-10(6-7-17-13)12-5-4-9-2-1-3-11(9)14(12)16;1-8-4-2-6(7)3-5-8/h5-7,10,13,16H,2-4,8-9,11-12,21H2,1H3,(H,22,23);4-8H,1-3,16H2;6H,2-5,7H2,1H3. The molecule has 0 unspecified atom stereocenters. The molecule has 4 aliphatic rings. The molecule has 0 amide bonds. The molecule has 0 radical (unpaired) electrons. The monoisotopic (exact) mass is 664 g/mol. The predicted octanol–water partition coefficient (Wildman–Crippen LogP) is 6.32. The lowest BCUT2D eigenvalue weighted by molar-refractivity contribution is 0.256. The molecule has 9 heteroatoms. The average molecular weight is 665 g/mol. The van der Waals surface area contributed by atoms with E-state index in [-0.39, 0.29) is 0 Å². The summed E-state index contributed by atoms with van der Waals surface area (Å²) < 4.78 is 13.1. The van der Waals surface area contributed by atoms with Crippen LogP contribution in [0.25, 0.3) is 22.3 Å². The van der Waals surface area contributed by atoms with Gasteiger partial charge in [0.15, 0.2) is 0 Å². The lowest BCUT2D eigenvalue weighted by Crippen LogP contribution is -2.37. The Morgan fingerprint density at radius 2 is 1.18 bits per heavy atom. The number of aromatic nitrogens is 2. The maximum Gasteiger partial charge on any atom is 0.213 e. The second-order valence-corrected chi connectivity index (χ2v) is 14.2. The first-order valence-corrected chi connectivity index (χ1v) is 18.0.